The second-order valence-electron chi connectivity index (χ2n) is 9.83. The highest BCUT2D eigenvalue weighted by molar-refractivity contribution is 5.87. The summed E-state index contributed by atoms with van der Waals surface area (Å²) in [7, 11) is 1.61. The molecule has 204 valence electrons. The fourth-order valence-corrected chi connectivity index (χ4v) is 4.92. The minimum absolute atomic E-state index is 0.0508. The molecule has 0 saturated heterocycles. The van der Waals surface area contributed by atoms with Gasteiger partial charge in [0.15, 0.2) is 0 Å². The lowest BCUT2D eigenvalue weighted by Crippen LogP contribution is -2.41. The zero-order chi connectivity index (χ0) is 27.4. The van der Waals surface area contributed by atoms with Crippen LogP contribution in [0.4, 0.5) is 13.2 Å². The Balaban J connectivity index is 1.54. The van der Waals surface area contributed by atoms with E-state index in [2.05, 4.69) is 19.6 Å². The van der Waals surface area contributed by atoms with Crippen LogP contribution in [0, 0.1) is 5.92 Å². The number of benzene rings is 2. The van der Waals surface area contributed by atoms with Gasteiger partial charge in [0.25, 0.3) is 0 Å². The summed E-state index contributed by atoms with van der Waals surface area (Å²) >= 11 is 0. The van der Waals surface area contributed by atoms with Crippen LogP contribution in [0.1, 0.15) is 51.5 Å². The highest BCUT2D eigenvalue weighted by atomic mass is 19.4. The van der Waals surface area contributed by atoms with Gasteiger partial charge in [-0.25, -0.2) is 4.79 Å². The number of ether oxygens (including phenoxy) is 3. The SMILES string of the molecule is C=C(C)C(=O)OC1CCC(Oc2ccc3cc(-c4ccc(CCCCC)cc4OC)oc3c2)C1C(F)(F)F. The quantitative estimate of drug-likeness (QED) is 0.151. The van der Waals surface area contributed by atoms with E-state index in [1.807, 2.05) is 18.2 Å². The smallest absolute Gasteiger partial charge is 0.398 e. The first-order valence-corrected chi connectivity index (χ1v) is 12.9. The second-order valence-corrected chi connectivity index (χ2v) is 9.83. The fraction of sp³-hybridized carbons (Fsp3) is 0.433. The van der Waals surface area contributed by atoms with Crippen LogP contribution in [0.25, 0.3) is 22.3 Å². The number of methoxy groups -OCH3 is 1. The van der Waals surface area contributed by atoms with Gasteiger partial charge in [-0.05, 0) is 68.5 Å². The Morgan fingerprint density at radius 1 is 1.08 bits per heavy atom. The molecule has 3 atom stereocenters. The van der Waals surface area contributed by atoms with Crippen molar-refractivity contribution in [3.8, 4) is 22.8 Å². The van der Waals surface area contributed by atoms with E-state index in [4.69, 9.17) is 18.6 Å². The van der Waals surface area contributed by atoms with Crippen LogP contribution in [0.5, 0.6) is 11.5 Å². The van der Waals surface area contributed by atoms with Gasteiger partial charge in [0.1, 0.15) is 41.0 Å². The van der Waals surface area contributed by atoms with E-state index in [-0.39, 0.29) is 24.2 Å². The zero-order valence-electron chi connectivity index (χ0n) is 21.9. The molecule has 3 unspecified atom stereocenters. The number of rotatable bonds is 10. The van der Waals surface area contributed by atoms with E-state index in [0.29, 0.717) is 17.1 Å². The lowest BCUT2D eigenvalue weighted by atomic mass is 10.0. The van der Waals surface area contributed by atoms with Crippen molar-refractivity contribution in [3.63, 3.8) is 0 Å². The third-order valence-electron chi connectivity index (χ3n) is 6.90. The average Bonchev–Trinajstić information content (AvgIpc) is 3.47. The molecule has 0 spiro atoms. The molecule has 1 heterocycles. The molecule has 1 aliphatic carbocycles. The molecule has 0 aliphatic heterocycles. The second kappa shape index (κ2) is 11.5. The molecule has 38 heavy (non-hydrogen) atoms. The number of aryl methyl sites for hydroxylation is 1. The van der Waals surface area contributed by atoms with E-state index in [1.165, 1.54) is 18.9 Å². The van der Waals surface area contributed by atoms with Crippen molar-refractivity contribution < 1.29 is 36.6 Å². The number of carbonyl (C=O) groups is 1. The molecule has 1 saturated carbocycles. The van der Waals surface area contributed by atoms with Crippen molar-refractivity contribution >= 4 is 16.9 Å². The van der Waals surface area contributed by atoms with E-state index >= 15 is 0 Å². The Morgan fingerprint density at radius 2 is 1.84 bits per heavy atom. The summed E-state index contributed by atoms with van der Waals surface area (Å²) in [6.07, 6.45) is -2.55. The molecule has 0 N–H and O–H groups in total. The monoisotopic (exact) mass is 530 g/mol. The Labute approximate surface area is 220 Å². The van der Waals surface area contributed by atoms with Crippen molar-refractivity contribution in [2.45, 2.75) is 70.8 Å². The summed E-state index contributed by atoms with van der Waals surface area (Å²) in [6, 6.07) is 12.9. The van der Waals surface area contributed by atoms with Crippen molar-refractivity contribution in [2.75, 3.05) is 7.11 Å². The molecule has 1 aromatic heterocycles. The van der Waals surface area contributed by atoms with Gasteiger partial charge < -0.3 is 18.6 Å². The molecule has 5 nitrogen and oxygen atoms in total. The highest BCUT2D eigenvalue weighted by Gasteiger charge is 2.55. The zero-order valence-corrected chi connectivity index (χ0v) is 21.9. The predicted molar refractivity (Wildman–Crippen MR) is 139 cm³/mol. The first kappa shape index (κ1) is 27.6. The Kier molecular flexibility index (Phi) is 8.38. The fourth-order valence-electron chi connectivity index (χ4n) is 4.92. The normalized spacial score (nSPS) is 19.5. The standard InChI is InChI=1S/C30H33F3O5/c1-5-6-7-8-19-9-12-22(26(15-19)35-4)27-16-20-10-11-21(17-25(20)37-27)36-23-13-14-24(28(23)30(31,32)33)38-29(34)18(2)3/h9-12,15-17,23-24,28H,2,5-8,13-14H2,1,3-4H3. The van der Waals surface area contributed by atoms with Crippen LogP contribution < -0.4 is 9.47 Å². The first-order chi connectivity index (χ1) is 18.1. The Hall–Kier alpha value is -3.42. The summed E-state index contributed by atoms with van der Waals surface area (Å²) in [5, 5.41) is 0.786. The van der Waals surface area contributed by atoms with Crippen LogP contribution >= 0.6 is 0 Å². The Bertz CT molecular complexity index is 1290. The molecule has 2 aromatic carbocycles. The van der Waals surface area contributed by atoms with E-state index < -0.39 is 30.3 Å². The van der Waals surface area contributed by atoms with Crippen LogP contribution in [0.3, 0.4) is 0 Å². The number of halogens is 3. The maximum atomic E-state index is 13.9. The summed E-state index contributed by atoms with van der Waals surface area (Å²) in [5.74, 6) is -1.23. The number of carbonyl (C=O) groups excluding carboxylic acids is 1. The number of furan rings is 1. The van der Waals surface area contributed by atoms with Crippen LogP contribution in [0.2, 0.25) is 0 Å². The van der Waals surface area contributed by atoms with Gasteiger partial charge in [-0.1, -0.05) is 32.4 Å². The molecule has 8 heteroatoms. The minimum Gasteiger partial charge on any atom is -0.496 e. The number of hydrogen-bond acceptors (Lipinski definition) is 5. The maximum absolute atomic E-state index is 13.9. The largest absolute Gasteiger partial charge is 0.496 e. The van der Waals surface area contributed by atoms with Gasteiger partial charge in [-0.15, -0.1) is 0 Å². The molecule has 3 aromatic rings. The molecule has 1 aliphatic rings. The maximum Gasteiger partial charge on any atom is 0.398 e. The molecular formula is C30H33F3O5. The number of unbranched alkanes of at least 4 members (excludes halogenated alkanes) is 2. The van der Waals surface area contributed by atoms with E-state index in [9.17, 15) is 18.0 Å². The molecule has 4 rings (SSSR count). The molecule has 0 radical (unpaired) electrons. The van der Waals surface area contributed by atoms with E-state index in [1.54, 1.807) is 25.3 Å². The molecule has 1 fully saturated rings. The van der Waals surface area contributed by atoms with Gasteiger partial charge in [0, 0.05) is 17.0 Å². The number of fused-ring (bicyclic) bond motifs is 1. The lowest BCUT2D eigenvalue weighted by molar-refractivity contribution is -0.215. The van der Waals surface area contributed by atoms with Gasteiger partial charge in [0.05, 0.1) is 12.7 Å². The summed E-state index contributed by atoms with van der Waals surface area (Å²) in [6.45, 7) is 7.02. The number of alkyl halides is 3. The van der Waals surface area contributed by atoms with Gasteiger partial charge in [0.2, 0.25) is 0 Å². The van der Waals surface area contributed by atoms with Gasteiger partial charge >= 0.3 is 12.1 Å². The highest BCUT2D eigenvalue weighted by Crippen LogP contribution is 2.43. The molecular weight excluding hydrogens is 497 g/mol. The summed E-state index contributed by atoms with van der Waals surface area (Å²) in [4.78, 5) is 11.9. The van der Waals surface area contributed by atoms with Crippen LogP contribution in [-0.2, 0) is 16.0 Å². The molecule has 0 amide bonds. The van der Waals surface area contributed by atoms with Crippen molar-refractivity contribution in [1.29, 1.82) is 0 Å². The van der Waals surface area contributed by atoms with E-state index in [0.717, 1.165) is 30.2 Å². The predicted octanol–water partition coefficient (Wildman–Crippen LogP) is 8.05. The Morgan fingerprint density at radius 3 is 2.53 bits per heavy atom. The number of hydrogen-bond donors (Lipinski definition) is 0. The van der Waals surface area contributed by atoms with Gasteiger partial charge in [-0.3, -0.25) is 0 Å². The van der Waals surface area contributed by atoms with Crippen molar-refractivity contribution in [2.24, 2.45) is 5.92 Å². The first-order valence-electron chi connectivity index (χ1n) is 12.9. The third kappa shape index (κ3) is 6.17. The van der Waals surface area contributed by atoms with Crippen molar-refractivity contribution in [1.82, 2.24) is 0 Å². The average molecular weight is 531 g/mol. The number of esters is 1. The summed E-state index contributed by atoms with van der Waals surface area (Å²) in [5.41, 5.74) is 2.52. The summed E-state index contributed by atoms with van der Waals surface area (Å²) < 4.78 is 64.3. The van der Waals surface area contributed by atoms with Crippen molar-refractivity contribution in [3.05, 3.63) is 60.2 Å². The minimum atomic E-state index is -4.59. The molecule has 0 bridgehead atoms. The van der Waals surface area contributed by atoms with Gasteiger partial charge in [-0.2, -0.15) is 13.2 Å². The van der Waals surface area contributed by atoms with Crippen LogP contribution in [0.15, 0.2) is 59.0 Å². The lowest BCUT2D eigenvalue weighted by Gasteiger charge is -2.27. The van der Waals surface area contributed by atoms with Crippen LogP contribution in [-0.4, -0.2) is 31.5 Å². The third-order valence-corrected chi connectivity index (χ3v) is 6.90. The topological polar surface area (TPSA) is 57.9 Å².